The van der Waals surface area contributed by atoms with Crippen LogP contribution in [0.4, 0.5) is 19.3 Å². The van der Waals surface area contributed by atoms with Gasteiger partial charge in [-0.2, -0.15) is 8.78 Å². The Hall–Kier alpha value is -2.52. The van der Waals surface area contributed by atoms with Crippen LogP contribution >= 0.6 is 0 Å². The Bertz CT molecular complexity index is 834. The SMILES string of the molecule is C[C@@H]1CN(C(=O)Nc2ccc(OC(F)F)c3ncccc23)CCN1C[C@@H](C)O. The Balaban J connectivity index is 1.74. The van der Waals surface area contributed by atoms with Gasteiger partial charge in [0, 0.05) is 43.8 Å². The van der Waals surface area contributed by atoms with Crippen molar-refractivity contribution in [1.29, 1.82) is 0 Å². The molecule has 2 atom stereocenters. The Kier molecular flexibility index (Phi) is 6.25. The van der Waals surface area contributed by atoms with E-state index in [0.29, 0.717) is 37.3 Å². The van der Waals surface area contributed by atoms with Crippen LogP contribution in [0.5, 0.6) is 5.75 Å². The van der Waals surface area contributed by atoms with Crippen molar-refractivity contribution in [3.63, 3.8) is 0 Å². The van der Waals surface area contributed by atoms with E-state index < -0.39 is 12.7 Å². The summed E-state index contributed by atoms with van der Waals surface area (Å²) in [7, 11) is 0. The summed E-state index contributed by atoms with van der Waals surface area (Å²) in [6.45, 7) is 3.10. The number of amides is 2. The number of benzene rings is 1. The summed E-state index contributed by atoms with van der Waals surface area (Å²) in [6.07, 6.45) is 1.06. The van der Waals surface area contributed by atoms with Crippen molar-refractivity contribution in [2.75, 3.05) is 31.5 Å². The number of nitrogens with zero attached hydrogens (tertiary/aromatic N) is 3. The minimum atomic E-state index is -2.95. The number of hydrogen-bond donors (Lipinski definition) is 2. The minimum absolute atomic E-state index is 0.0380. The molecular weight excluding hydrogens is 370 g/mol. The first-order valence-corrected chi connectivity index (χ1v) is 9.15. The third-order valence-corrected chi connectivity index (χ3v) is 4.74. The number of aliphatic hydroxyl groups is 1. The van der Waals surface area contributed by atoms with Gasteiger partial charge < -0.3 is 20.1 Å². The van der Waals surface area contributed by atoms with E-state index in [1.54, 1.807) is 24.0 Å². The minimum Gasteiger partial charge on any atom is -0.432 e. The quantitative estimate of drug-likeness (QED) is 0.816. The molecule has 0 unspecified atom stereocenters. The first kappa shape index (κ1) is 20.2. The van der Waals surface area contributed by atoms with E-state index in [-0.39, 0.29) is 23.3 Å². The number of anilines is 1. The van der Waals surface area contributed by atoms with Gasteiger partial charge >= 0.3 is 12.6 Å². The van der Waals surface area contributed by atoms with Gasteiger partial charge in [0.15, 0.2) is 5.75 Å². The molecule has 2 amide bonds. The standard InChI is InChI=1S/C19H24F2N4O3/c1-12-10-25(9-8-24(12)11-13(2)26)19(27)23-15-5-6-16(28-18(20)21)17-14(15)4-3-7-22-17/h3-7,12-13,18,26H,8-11H2,1-2H3,(H,23,27)/t12-,13-/m1/s1. The topological polar surface area (TPSA) is 77.9 Å². The number of ether oxygens (including phenoxy) is 1. The lowest BCUT2D eigenvalue weighted by atomic mass is 10.1. The smallest absolute Gasteiger partial charge is 0.387 e. The molecule has 1 fully saturated rings. The van der Waals surface area contributed by atoms with Crippen molar-refractivity contribution in [3.8, 4) is 5.75 Å². The second-order valence-corrected chi connectivity index (χ2v) is 6.96. The lowest BCUT2D eigenvalue weighted by molar-refractivity contribution is -0.0489. The van der Waals surface area contributed by atoms with E-state index in [2.05, 4.69) is 19.9 Å². The molecule has 0 radical (unpaired) electrons. The highest BCUT2D eigenvalue weighted by atomic mass is 19.3. The molecule has 2 N–H and O–H groups in total. The number of β-amino-alcohol motifs (C(OH)–C–C–N with tert-alkyl or cyclic N) is 1. The van der Waals surface area contributed by atoms with Gasteiger partial charge in [-0.3, -0.25) is 9.88 Å². The first-order valence-electron chi connectivity index (χ1n) is 9.15. The zero-order valence-corrected chi connectivity index (χ0v) is 15.8. The molecular formula is C19H24F2N4O3. The van der Waals surface area contributed by atoms with Gasteiger partial charge in [-0.15, -0.1) is 0 Å². The van der Waals surface area contributed by atoms with E-state index in [1.807, 2.05) is 6.92 Å². The van der Waals surface area contributed by atoms with Gasteiger partial charge in [0.05, 0.1) is 11.8 Å². The molecule has 28 heavy (non-hydrogen) atoms. The van der Waals surface area contributed by atoms with Crippen LogP contribution in [0.15, 0.2) is 30.5 Å². The van der Waals surface area contributed by atoms with Crippen LogP contribution in [0.2, 0.25) is 0 Å². The molecule has 7 nitrogen and oxygen atoms in total. The highest BCUT2D eigenvalue weighted by Crippen LogP contribution is 2.31. The first-order chi connectivity index (χ1) is 13.3. The Morgan fingerprint density at radius 1 is 1.39 bits per heavy atom. The van der Waals surface area contributed by atoms with Gasteiger partial charge in [-0.25, -0.2) is 4.79 Å². The number of urea groups is 1. The van der Waals surface area contributed by atoms with Crippen LogP contribution < -0.4 is 10.1 Å². The normalized spacial score (nSPS) is 19.1. The molecule has 0 bridgehead atoms. The van der Waals surface area contributed by atoms with Crippen molar-refractivity contribution >= 4 is 22.6 Å². The predicted octanol–water partition coefficient (Wildman–Crippen LogP) is 2.76. The Morgan fingerprint density at radius 2 is 2.18 bits per heavy atom. The molecule has 1 aromatic carbocycles. The number of fused-ring (bicyclic) bond motifs is 1. The Morgan fingerprint density at radius 3 is 2.86 bits per heavy atom. The highest BCUT2D eigenvalue weighted by Gasteiger charge is 2.27. The van der Waals surface area contributed by atoms with Crippen LogP contribution in [0.1, 0.15) is 13.8 Å². The summed E-state index contributed by atoms with van der Waals surface area (Å²) < 4.78 is 29.7. The summed E-state index contributed by atoms with van der Waals surface area (Å²) in [5.41, 5.74) is 0.740. The molecule has 152 valence electrons. The van der Waals surface area contributed by atoms with Gasteiger partial charge in [0.2, 0.25) is 0 Å². The third kappa shape index (κ3) is 4.66. The molecule has 2 heterocycles. The third-order valence-electron chi connectivity index (χ3n) is 4.74. The zero-order chi connectivity index (χ0) is 20.3. The number of alkyl halides is 2. The molecule has 2 aromatic rings. The largest absolute Gasteiger partial charge is 0.432 e. The molecule has 3 rings (SSSR count). The number of rotatable bonds is 5. The zero-order valence-electron chi connectivity index (χ0n) is 15.8. The summed E-state index contributed by atoms with van der Waals surface area (Å²) in [5, 5.41) is 12.9. The number of carbonyl (C=O) groups is 1. The second kappa shape index (κ2) is 8.66. The van der Waals surface area contributed by atoms with Crippen molar-refractivity contribution in [2.45, 2.75) is 32.6 Å². The fraction of sp³-hybridized carbons (Fsp3) is 0.474. The molecule has 9 heteroatoms. The average Bonchev–Trinajstić information content (AvgIpc) is 2.64. The number of halogens is 2. The van der Waals surface area contributed by atoms with E-state index >= 15 is 0 Å². The molecule has 0 spiro atoms. The summed E-state index contributed by atoms with van der Waals surface area (Å²) in [4.78, 5) is 20.7. The number of aromatic nitrogens is 1. The monoisotopic (exact) mass is 394 g/mol. The molecule has 1 saturated heterocycles. The second-order valence-electron chi connectivity index (χ2n) is 6.96. The van der Waals surface area contributed by atoms with Crippen LogP contribution in [-0.2, 0) is 0 Å². The number of pyridine rings is 1. The number of carbonyl (C=O) groups excluding carboxylic acids is 1. The number of nitrogens with one attached hydrogen (secondary N) is 1. The maximum absolute atomic E-state index is 12.7. The van der Waals surface area contributed by atoms with Crippen molar-refractivity contribution in [1.82, 2.24) is 14.8 Å². The number of aliphatic hydroxyl groups excluding tert-OH is 1. The summed E-state index contributed by atoms with van der Waals surface area (Å²) >= 11 is 0. The molecule has 0 saturated carbocycles. The Labute approximate surface area is 161 Å². The average molecular weight is 394 g/mol. The van der Waals surface area contributed by atoms with Crippen molar-refractivity contribution in [2.24, 2.45) is 0 Å². The lowest BCUT2D eigenvalue weighted by Gasteiger charge is -2.40. The molecule has 1 aromatic heterocycles. The fourth-order valence-corrected chi connectivity index (χ4v) is 3.43. The fourth-order valence-electron chi connectivity index (χ4n) is 3.43. The van der Waals surface area contributed by atoms with Crippen molar-refractivity contribution < 1.29 is 23.4 Å². The highest BCUT2D eigenvalue weighted by molar-refractivity contribution is 6.02. The van der Waals surface area contributed by atoms with Crippen LogP contribution in [-0.4, -0.2) is 70.9 Å². The van der Waals surface area contributed by atoms with Gasteiger partial charge in [-0.05, 0) is 38.1 Å². The van der Waals surface area contributed by atoms with Crippen molar-refractivity contribution in [3.05, 3.63) is 30.5 Å². The van der Waals surface area contributed by atoms with E-state index in [0.717, 1.165) is 0 Å². The van der Waals surface area contributed by atoms with Crippen LogP contribution in [0, 0.1) is 0 Å². The lowest BCUT2D eigenvalue weighted by Crippen LogP contribution is -2.55. The van der Waals surface area contributed by atoms with Crippen LogP contribution in [0.3, 0.4) is 0 Å². The van der Waals surface area contributed by atoms with Gasteiger partial charge in [0.25, 0.3) is 0 Å². The molecule has 1 aliphatic heterocycles. The maximum Gasteiger partial charge on any atom is 0.387 e. The molecule has 1 aliphatic rings. The van der Waals surface area contributed by atoms with E-state index in [9.17, 15) is 18.7 Å². The van der Waals surface area contributed by atoms with Gasteiger partial charge in [-0.1, -0.05) is 0 Å². The van der Waals surface area contributed by atoms with Gasteiger partial charge in [0.1, 0.15) is 5.52 Å². The predicted molar refractivity (Wildman–Crippen MR) is 102 cm³/mol. The number of hydrogen-bond acceptors (Lipinski definition) is 5. The van der Waals surface area contributed by atoms with E-state index in [4.69, 9.17) is 0 Å². The number of piperazine rings is 1. The summed E-state index contributed by atoms with van der Waals surface area (Å²) in [5.74, 6) is -0.0380. The maximum atomic E-state index is 12.7. The van der Waals surface area contributed by atoms with Crippen LogP contribution in [0.25, 0.3) is 10.9 Å². The van der Waals surface area contributed by atoms with E-state index in [1.165, 1.54) is 18.3 Å². The summed E-state index contributed by atoms with van der Waals surface area (Å²) in [6, 6.07) is 6.12. The molecule has 0 aliphatic carbocycles.